The molecule has 0 radical (unpaired) electrons. The van der Waals surface area contributed by atoms with E-state index < -0.39 is 24.2 Å². The maximum atomic E-state index is 14.0. The highest BCUT2D eigenvalue weighted by atomic mass is 32.1. The van der Waals surface area contributed by atoms with Crippen LogP contribution in [0.3, 0.4) is 0 Å². The Hall–Kier alpha value is -3.60. The summed E-state index contributed by atoms with van der Waals surface area (Å²) in [4.78, 5) is 12.7. The van der Waals surface area contributed by atoms with Crippen LogP contribution < -0.4 is 21.5 Å². The lowest BCUT2D eigenvalue weighted by molar-refractivity contribution is -0.173. The number of nitrogens with one attached hydrogen (secondary N) is 4. The van der Waals surface area contributed by atoms with Crippen LogP contribution in [0.25, 0.3) is 0 Å². The summed E-state index contributed by atoms with van der Waals surface area (Å²) in [5, 5.41) is 10.2. The van der Waals surface area contributed by atoms with Gasteiger partial charge in [0.25, 0.3) is 5.91 Å². The van der Waals surface area contributed by atoms with Crippen LogP contribution in [0.15, 0.2) is 42.5 Å². The first kappa shape index (κ1) is 25.5. The van der Waals surface area contributed by atoms with Crippen molar-refractivity contribution in [2.45, 2.75) is 52.4 Å². The van der Waals surface area contributed by atoms with Crippen molar-refractivity contribution in [1.29, 1.82) is 0 Å². The van der Waals surface area contributed by atoms with E-state index in [1.807, 2.05) is 64.1 Å². The number of thiocarbonyl (C=S) groups is 1. The van der Waals surface area contributed by atoms with Gasteiger partial charge in [0, 0.05) is 18.2 Å². The Morgan fingerprint density at radius 1 is 1.06 bits per heavy atom. The van der Waals surface area contributed by atoms with Gasteiger partial charge in [-0.05, 0) is 73.8 Å². The van der Waals surface area contributed by atoms with Crippen LogP contribution in [-0.4, -0.2) is 27.0 Å². The quantitative estimate of drug-likeness (QED) is 0.275. The first-order valence-electron chi connectivity index (χ1n) is 11.4. The van der Waals surface area contributed by atoms with E-state index in [1.165, 1.54) is 6.07 Å². The Morgan fingerprint density at radius 2 is 1.81 bits per heavy atom. The molecule has 1 aliphatic rings. The summed E-state index contributed by atoms with van der Waals surface area (Å²) in [6, 6.07) is 10.1. The molecule has 7 nitrogen and oxygen atoms in total. The zero-order valence-corrected chi connectivity index (χ0v) is 21.1. The summed E-state index contributed by atoms with van der Waals surface area (Å²) in [5.74, 6) is -0.597. The average Bonchev–Trinajstić information content (AvgIpc) is 3.25. The van der Waals surface area contributed by atoms with Crippen LogP contribution in [0.5, 0.6) is 0 Å². The fourth-order valence-corrected chi connectivity index (χ4v) is 4.26. The van der Waals surface area contributed by atoms with Gasteiger partial charge in [0.2, 0.25) is 0 Å². The van der Waals surface area contributed by atoms with E-state index in [-0.39, 0.29) is 23.0 Å². The number of benzene rings is 2. The zero-order valence-electron chi connectivity index (χ0n) is 20.2. The summed E-state index contributed by atoms with van der Waals surface area (Å²) in [6.07, 6.45) is -4.78. The maximum Gasteiger partial charge on any atom is 0.410 e. The molecule has 0 fully saturated rings. The Morgan fingerprint density at radius 3 is 2.50 bits per heavy atom. The molecule has 1 aromatic heterocycles. The predicted octanol–water partition coefficient (Wildman–Crippen LogP) is 5.41. The molecule has 2 unspecified atom stereocenters. The van der Waals surface area contributed by atoms with Gasteiger partial charge in [0.15, 0.2) is 16.8 Å². The Kier molecular flexibility index (Phi) is 6.94. The Labute approximate surface area is 212 Å². The number of nitrogens with zero attached hydrogens (tertiary/aromatic N) is 2. The van der Waals surface area contributed by atoms with Crippen molar-refractivity contribution in [2.24, 2.45) is 0 Å². The Balaban J connectivity index is 1.49. The van der Waals surface area contributed by atoms with E-state index in [9.17, 15) is 18.0 Å². The molecule has 190 valence electrons. The van der Waals surface area contributed by atoms with Crippen molar-refractivity contribution in [2.75, 3.05) is 10.6 Å². The van der Waals surface area contributed by atoms with Crippen molar-refractivity contribution in [3.8, 4) is 0 Å². The third kappa shape index (κ3) is 5.30. The number of alkyl halides is 3. The summed E-state index contributed by atoms with van der Waals surface area (Å²) >= 11 is 5.23. The molecule has 0 saturated heterocycles. The molecule has 3 aromatic rings. The summed E-state index contributed by atoms with van der Waals surface area (Å²) in [6.45, 7) is 7.77. The molecule has 2 heterocycles. The summed E-state index contributed by atoms with van der Waals surface area (Å²) in [7, 11) is 0. The van der Waals surface area contributed by atoms with Gasteiger partial charge in [-0.3, -0.25) is 15.6 Å². The minimum absolute atomic E-state index is 0.119. The van der Waals surface area contributed by atoms with Gasteiger partial charge in [-0.15, -0.1) is 0 Å². The predicted molar refractivity (Wildman–Crippen MR) is 137 cm³/mol. The lowest BCUT2D eigenvalue weighted by Gasteiger charge is -2.33. The summed E-state index contributed by atoms with van der Waals surface area (Å²) < 4.78 is 42.7. The molecule has 0 bridgehead atoms. The number of amides is 1. The van der Waals surface area contributed by atoms with E-state index in [0.717, 1.165) is 38.2 Å². The molecular formula is C25H27F3N6OS. The van der Waals surface area contributed by atoms with E-state index in [4.69, 9.17) is 12.2 Å². The lowest BCUT2D eigenvalue weighted by Crippen LogP contribution is -2.44. The van der Waals surface area contributed by atoms with E-state index in [2.05, 4.69) is 26.6 Å². The lowest BCUT2D eigenvalue weighted by atomic mass is 9.94. The zero-order chi connectivity index (χ0) is 26.2. The largest absolute Gasteiger partial charge is 0.410 e. The summed E-state index contributed by atoms with van der Waals surface area (Å²) in [5.41, 5.74) is 10.4. The number of carbonyl (C=O) groups excluding carboxylic acids is 1. The average molecular weight is 517 g/mol. The third-order valence-corrected chi connectivity index (χ3v) is 6.70. The molecule has 4 N–H and O–H groups in total. The monoisotopic (exact) mass is 516 g/mol. The molecule has 11 heteroatoms. The number of halogens is 3. The van der Waals surface area contributed by atoms with Crippen LogP contribution in [0, 0.1) is 27.7 Å². The second-order valence-electron chi connectivity index (χ2n) is 8.97. The van der Waals surface area contributed by atoms with Gasteiger partial charge in [-0.1, -0.05) is 30.3 Å². The highest BCUT2D eigenvalue weighted by Crippen LogP contribution is 2.43. The highest BCUT2D eigenvalue weighted by molar-refractivity contribution is 7.80. The fourth-order valence-electron chi connectivity index (χ4n) is 4.10. The molecule has 0 spiro atoms. The van der Waals surface area contributed by atoms with E-state index >= 15 is 0 Å². The molecule has 0 saturated carbocycles. The highest BCUT2D eigenvalue weighted by Gasteiger charge is 2.46. The maximum absolute atomic E-state index is 14.0. The Bertz CT molecular complexity index is 1320. The van der Waals surface area contributed by atoms with Crippen molar-refractivity contribution >= 4 is 34.7 Å². The molecule has 1 amide bonds. The smallest absolute Gasteiger partial charge is 0.363 e. The van der Waals surface area contributed by atoms with Gasteiger partial charge in [0.05, 0.1) is 6.04 Å². The second kappa shape index (κ2) is 9.81. The number of fused-ring (bicyclic) bond motifs is 1. The van der Waals surface area contributed by atoms with Crippen molar-refractivity contribution in [1.82, 2.24) is 20.6 Å². The van der Waals surface area contributed by atoms with Crippen LogP contribution >= 0.6 is 12.2 Å². The number of hydrogen-bond donors (Lipinski definition) is 4. The molecule has 4 rings (SSSR count). The minimum Gasteiger partial charge on any atom is -0.363 e. The van der Waals surface area contributed by atoms with Crippen LogP contribution in [0.2, 0.25) is 0 Å². The second-order valence-corrected chi connectivity index (χ2v) is 9.38. The SMILES string of the molecule is Cc1ccc(C2CC(C(F)(F)F)n3nc(C(=O)NNC(=S)Nc4cccc(C)c4C)cc3N2)cc1C. The van der Waals surface area contributed by atoms with Crippen molar-refractivity contribution in [3.63, 3.8) is 0 Å². The van der Waals surface area contributed by atoms with Gasteiger partial charge in [-0.2, -0.15) is 18.3 Å². The van der Waals surface area contributed by atoms with Gasteiger partial charge >= 0.3 is 6.18 Å². The molecular weight excluding hydrogens is 489 g/mol. The van der Waals surface area contributed by atoms with Gasteiger partial charge in [0.1, 0.15) is 5.82 Å². The first-order chi connectivity index (χ1) is 16.9. The normalized spacial score (nSPS) is 17.1. The third-order valence-electron chi connectivity index (χ3n) is 6.50. The fraction of sp³-hybridized carbons (Fsp3) is 0.320. The molecule has 2 aromatic carbocycles. The molecule has 1 aliphatic heterocycles. The van der Waals surface area contributed by atoms with Crippen molar-refractivity contribution < 1.29 is 18.0 Å². The molecule has 36 heavy (non-hydrogen) atoms. The number of rotatable bonds is 3. The minimum atomic E-state index is -4.54. The van der Waals surface area contributed by atoms with Crippen LogP contribution in [0.1, 0.15) is 56.8 Å². The number of aryl methyl sites for hydroxylation is 3. The first-order valence-corrected chi connectivity index (χ1v) is 11.8. The number of anilines is 2. The number of carbonyl (C=O) groups is 1. The van der Waals surface area contributed by atoms with Crippen LogP contribution in [-0.2, 0) is 0 Å². The van der Waals surface area contributed by atoms with E-state index in [1.54, 1.807) is 0 Å². The molecule has 2 atom stereocenters. The van der Waals surface area contributed by atoms with E-state index in [0.29, 0.717) is 0 Å². The van der Waals surface area contributed by atoms with Crippen LogP contribution in [0.4, 0.5) is 24.7 Å². The van der Waals surface area contributed by atoms with Gasteiger partial charge < -0.3 is 10.6 Å². The number of hydrazine groups is 1. The standard InChI is InChI=1S/C25H27F3N6OS/c1-13-8-9-17(10-15(13)3)19-11-21(25(26,27)28)34-22(29-19)12-20(33-34)23(35)31-32-24(36)30-18-7-5-6-14(2)16(18)4/h5-10,12,19,21,29H,11H2,1-4H3,(H,31,35)(H2,30,32,36). The number of hydrogen-bond acceptors (Lipinski definition) is 4. The molecule has 0 aliphatic carbocycles. The van der Waals surface area contributed by atoms with Crippen molar-refractivity contribution in [3.05, 3.63) is 76.0 Å². The van der Waals surface area contributed by atoms with Gasteiger partial charge in [-0.25, -0.2) is 4.68 Å². The topological polar surface area (TPSA) is 83.0 Å². The number of aromatic nitrogens is 2.